The highest BCUT2D eigenvalue weighted by molar-refractivity contribution is 4.78. The van der Waals surface area contributed by atoms with Gasteiger partial charge in [-0.15, -0.1) is 0 Å². The smallest absolute Gasteiger partial charge is 0.0190 e. The van der Waals surface area contributed by atoms with E-state index in [9.17, 15) is 0 Å². The fourth-order valence-corrected chi connectivity index (χ4v) is 1.20. The molecule has 1 heterocycles. The molecule has 0 unspecified atom stereocenters. The quantitative estimate of drug-likeness (QED) is 0.504. The molecule has 0 aliphatic carbocycles. The van der Waals surface area contributed by atoms with Gasteiger partial charge < -0.3 is 10.2 Å². The van der Waals surface area contributed by atoms with Crippen molar-refractivity contribution in [1.82, 2.24) is 10.2 Å². The summed E-state index contributed by atoms with van der Waals surface area (Å²) in [6.07, 6.45) is 0. The second-order valence-corrected chi connectivity index (χ2v) is 3.10. The maximum absolute atomic E-state index is 3.42. The van der Waals surface area contributed by atoms with E-state index in [1.54, 1.807) is 0 Å². The molecule has 0 aromatic rings. The predicted molar refractivity (Wildman–Crippen MR) is 39.6 cm³/mol. The number of rotatable bonds is 0. The third kappa shape index (κ3) is 1.66. The van der Waals surface area contributed by atoms with Crippen LogP contribution in [0, 0.1) is 0 Å². The minimum Gasteiger partial charge on any atom is -0.311 e. The Morgan fingerprint density at radius 3 is 2.56 bits per heavy atom. The highest BCUT2D eigenvalue weighted by Crippen LogP contribution is 2.01. The van der Waals surface area contributed by atoms with Gasteiger partial charge in [-0.05, 0) is 20.9 Å². The number of piperazine rings is 1. The third-order valence-electron chi connectivity index (χ3n) is 2.08. The molecular formula is C7H16N2. The monoisotopic (exact) mass is 128 g/mol. The van der Waals surface area contributed by atoms with Crippen molar-refractivity contribution in [3.05, 3.63) is 0 Å². The Morgan fingerprint density at radius 2 is 2.11 bits per heavy atom. The Bertz CT molecular complexity index is 92.9. The Kier molecular flexibility index (Phi) is 2.09. The summed E-state index contributed by atoms with van der Waals surface area (Å²) in [6.45, 7) is 6.79. The third-order valence-corrected chi connectivity index (χ3v) is 2.08. The SMILES string of the molecule is C[C@@H]1CN[C@@H](C)CN1C. The van der Waals surface area contributed by atoms with Crippen LogP contribution in [-0.2, 0) is 0 Å². The maximum atomic E-state index is 3.42. The Morgan fingerprint density at radius 1 is 1.44 bits per heavy atom. The first-order valence-corrected chi connectivity index (χ1v) is 3.64. The van der Waals surface area contributed by atoms with Gasteiger partial charge in [0.2, 0.25) is 0 Å². The number of nitrogens with zero attached hydrogens (tertiary/aromatic N) is 1. The van der Waals surface area contributed by atoms with Crippen molar-refractivity contribution in [3.63, 3.8) is 0 Å². The number of hydrogen-bond acceptors (Lipinski definition) is 2. The van der Waals surface area contributed by atoms with Crippen LogP contribution >= 0.6 is 0 Å². The van der Waals surface area contributed by atoms with Gasteiger partial charge >= 0.3 is 0 Å². The zero-order valence-electron chi connectivity index (χ0n) is 6.52. The largest absolute Gasteiger partial charge is 0.311 e. The summed E-state index contributed by atoms with van der Waals surface area (Å²) >= 11 is 0. The molecule has 2 nitrogen and oxygen atoms in total. The second-order valence-electron chi connectivity index (χ2n) is 3.10. The van der Waals surface area contributed by atoms with E-state index >= 15 is 0 Å². The molecule has 0 radical (unpaired) electrons. The Labute approximate surface area is 57.2 Å². The van der Waals surface area contributed by atoms with Gasteiger partial charge in [0.1, 0.15) is 0 Å². The highest BCUT2D eigenvalue weighted by atomic mass is 15.2. The molecule has 0 bridgehead atoms. The molecular weight excluding hydrogens is 112 g/mol. The zero-order valence-corrected chi connectivity index (χ0v) is 6.52. The van der Waals surface area contributed by atoms with Crippen LogP contribution in [0.1, 0.15) is 13.8 Å². The standard InChI is InChI=1S/C7H16N2/c1-6-5-9(3)7(2)4-8-6/h6-8H,4-5H2,1-3H3/t6-,7+/m0/s1. The molecule has 0 aromatic carbocycles. The first kappa shape index (κ1) is 7.03. The number of nitrogens with one attached hydrogen (secondary N) is 1. The molecule has 0 amide bonds. The minimum absolute atomic E-state index is 0.672. The van der Waals surface area contributed by atoms with Crippen LogP contribution in [0.3, 0.4) is 0 Å². The van der Waals surface area contributed by atoms with E-state index in [4.69, 9.17) is 0 Å². The summed E-state index contributed by atoms with van der Waals surface area (Å²) in [5, 5.41) is 3.42. The van der Waals surface area contributed by atoms with Gasteiger partial charge in [0.25, 0.3) is 0 Å². The summed E-state index contributed by atoms with van der Waals surface area (Å²) in [7, 11) is 2.18. The van der Waals surface area contributed by atoms with E-state index in [1.165, 1.54) is 6.54 Å². The highest BCUT2D eigenvalue weighted by Gasteiger charge is 2.17. The van der Waals surface area contributed by atoms with Gasteiger partial charge in [-0.1, -0.05) is 0 Å². The van der Waals surface area contributed by atoms with Crippen LogP contribution in [0.4, 0.5) is 0 Å². The van der Waals surface area contributed by atoms with Crippen molar-refractivity contribution in [1.29, 1.82) is 0 Å². The van der Waals surface area contributed by atoms with Crippen LogP contribution in [0.5, 0.6) is 0 Å². The predicted octanol–water partition coefficient (Wildman–Crippen LogP) is 0.298. The van der Waals surface area contributed by atoms with Crippen molar-refractivity contribution < 1.29 is 0 Å². The lowest BCUT2D eigenvalue weighted by Gasteiger charge is -2.34. The summed E-state index contributed by atoms with van der Waals surface area (Å²) in [6, 6.07) is 1.38. The molecule has 2 atom stereocenters. The van der Waals surface area contributed by atoms with Crippen molar-refractivity contribution in [2.24, 2.45) is 0 Å². The molecule has 1 fully saturated rings. The number of hydrogen-bond donors (Lipinski definition) is 1. The lowest BCUT2D eigenvalue weighted by Crippen LogP contribution is -2.52. The lowest BCUT2D eigenvalue weighted by atomic mass is 10.2. The molecule has 1 saturated heterocycles. The van der Waals surface area contributed by atoms with Crippen LogP contribution in [0.2, 0.25) is 0 Å². The normalized spacial score (nSPS) is 39.0. The first-order chi connectivity index (χ1) is 4.20. The van der Waals surface area contributed by atoms with Crippen LogP contribution < -0.4 is 5.32 Å². The van der Waals surface area contributed by atoms with Crippen LogP contribution in [-0.4, -0.2) is 37.1 Å². The topological polar surface area (TPSA) is 15.3 Å². The minimum atomic E-state index is 0.672. The van der Waals surface area contributed by atoms with Crippen LogP contribution in [0.25, 0.3) is 0 Å². The van der Waals surface area contributed by atoms with E-state index < -0.39 is 0 Å². The number of likely N-dealkylation sites (N-methyl/N-ethyl adjacent to an activating group) is 1. The maximum Gasteiger partial charge on any atom is 0.0190 e. The molecule has 0 saturated carbocycles. The van der Waals surface area contributed by atoms with Crippen molar-refractivity contribution >= 4 is 0 Å². The summed E-state index contributed by atoms with van der Waals surface area (Å²) in [5.41, 5.74) is 0. The van der Waals surface area contributed by atoms with E-state index in [-0.39, 0.29) is 0 Å². The molecule has 1 aliphatic rings. The summed E-state index contributed by atoms with van der Waals surface area (Å²) in [4.78, 5) is 2.39. The molecule has 2 heteroatoms. The van der Waals surface area contributed by atoms with E-state index in [2.05, 4.69) is 31.1 Å². The van der Waals surface area contributed by atoms with Gasteiger partial charge in [-0.3, -0.25) is 0 Å². The fourth-order valence-electron chi connectivity index (χ4n) is 1.20. The average molecular weight is 128 g/mol. The molecule has 9 heavy (non-hydrogen) atoms. The van der Waals surface area contributed by atoms with Gasteiger partial charge in [-0.25, -0.2) is 0 Å². The zero-order chi connectivity index (χ0) is 6.85. The Hall–Kier alpha value is -0.0800. The first-order valence-electron chi connectivity index (χ1n) is 3.64. The van der Waals surface area contributed by atoms with E-state index in [0.717, 1.165) is 6.54 Å². The van der Waals surface area contributed by atoms with E-state index in [0.29, 0.717) is 12.1 Å². The Balaban J connectivity index is 2.35. The fraction of sp³-hybridized carbons (Fsp3) is 1.00. The lowest BCUT2D eigenvalue weighted by molar-refractivity contribution is 0.182. The van der Waals surface area contributed by atoms with Gasteiger partial charge in [-0.2, -0.15) is 0 Å². The molecule has 0 spiro atoms. The molecule has 1 N–H and O–H groups in total. The van der Waals surface area contributed by atoms with Gasteiger partial charge in [0.15, 0.2) is 0 Å². The molecule has 1 rings (SSSR count). The van der Waals surface area contributed by atoms with Crippen molar-refractivity contribution in [2.45, 2.75) is 25.9 Å². The average Bonchev–Trinajstić information content (AvgIpc) is 1.80. The summed E-state index contributed by atoms with van der Waals surface area (Å²) < 4.78 is 0. The second kappa shape index (κ2) is 2.67. The van der Waals surface area contributed by atoms with Crippen molar-refractivity contribution in [3.8, 4) is 0 Å². The van der Waals surface area contributed by atoms with E-state index in [1.807, 2.05) is 0 Å². The molecule has 0 aromatic heterocycles. The van der Waals surface area contributed by atoms with Crippen molar-refractivity contribution in [2.75, 3.05) is 20.1 Å². The molecule has 54 valence electrons. The van der Waals surface area contributed by atoms with Crippen LogP contribution in [0.15, 0.2) is 0 Å². The van der Waals surface area contributed by atoms with Gasteiger partial charge in [0.05, 0.1) is 0 Å². The van der Waals surface area contributed by atoms with Gasteiger partial charge in [0, 0.05) is 25.2 Å². The summed E-state index contributed by atoms with van der Waals surface area (Å²) in [5.74, 6) is 0. The molecule has 1 aliphatic heterocycles.